The van der Waals surface area contributed by atoms with Crippen LogP contribution in [0.5, 0.6) is 0 Å². The van der Waals surface area contributed by atoms with E-state index in [-0.39, 0.29) is 18.3 Å². The van der Waals surface area contributed by atoms with Gasteiger partial charge in [0, 0.05) is 12.4 Å². The van der Waals surface area contributed by atoms with Crippen molar-refractivity contribution in [1.82, 2.24) is 0 Å². The molecule has 0 radical (unpaired) electrons. The summed E-state index contributed by atoms with van der Waals surface area (Å²) in [6.07, 6.45) is 2.34. The molecule has 1 amide bonds. The lowest BCUT2D eigenvalue weighted by atomic mass is 10.2. The molecular formula is C19H17FN2O2S. The average Bonchev–Trinajstić information content (AvgIpc) is 2.93. The molecule has 25 heavy (non-hydrogen) atoms. The summed E-state index contributed by atoms with van der Waals surface area (Å²) in [5.74, 6) is 0.0303. The maximum atomic E-state index is 13.2. The van der Waals surface area contributed by atoms with Gasteiger partial charge in [0.25, 0.3) is 5.91 Å². The van der Waals surface area contributed by atoms with E-state index in [1.54, 1.807) is 18.2 Å². The largest absolute Gasteiger partial charge is 0.396 e. The molecule has 0 saturated carbocycles. The Balaban J connectivity index is 1.92. The Hall–Kier alpha value is -2.44. The smallest absolute Gasteiger partial charge is 0.283 e. The van der Waals surface area contributed by atoms with Crippen LogP contribution in [0.1, 0.15) is 12.0 Å². The van der Waals surface area contributed by atoms with Crippen molar-refractivity contribution >= 4 is 34.6 Å². The van der Waals surface area contributed by atoms with E-state index in [9.17, 15) is 9.18 Å². The lowest BCUT2D eigenvalue weighted by Gasteiger charge is -2.17. The van der Waals surface area contributed by atoms with Crippen molar-refractivity contribution in [2.75, 3.05) is 17.3 Å². The van der Waals surface area contributed by atoms with Crippen LogP contribution in [0, 0.1) is 5.82 Å². The van der Waals surface area contributed by atoms with Crippen molar-refractivity contribution in [3.63, 3.8) is 0 Å². The van der Waals surface area contributed by atoms with Gasteiger partial charge in [-0.15, -0.1) is 0 Å². The Kier molecular flexibility index (Phi) is 5.63. The van der Waals surface area contributed by atoms with Crippen molar-refractivity contribution in [2.24, 2.45) is 4.99 Å². The second-order valence-electron chi connectivity index (χ2n) is 5.38. The molecule has 6 heteroatoms. The number of rotatable bonds is 5. The van der Waals surface area contributed by atoms with Crippen LogP contribution in [0.4, 0.5) is 10.1 Å². The molecule has 0 unspecified atom stereocenters. The molecule has 2 aromatic rings. The van der Waals surface area contributed by atoms with Gasteiger partial charge in [0.1, 0.15) is 11.5 Å². The highest BCUT2D eigenvalue weighted by Crippen LogP contribution is 2.29. The van der Waals surface area contributed by atoms with Crippen LogP contribution in [0.15, 0.2) is 65.3 Å². The molecule has 0 fully saturated rings. The molecule has 1 heterocycles. The van der Waals surface area contributed by atoms with Gasteiger partial charge in [-0.3, -0.25) is 9.69 Å². The van der Waals surface area contributed by atoms with E-state index in [1.165, 1.54) is 28.8 Å². The van der Waals surface area contributed by atoms with Crippen LogP contribution in [-0.4, -0.2) is 28.5 Å². The summed E-state index contributed by atoms with van der Waals surface area (Å²) in [6, 6.07) is 15.2. The first-order valence-electron chi connectivity index (χ1n) is 7.88. The number of aliphatic hydroxyl groups is 1. The Labute approximate surface area is 149 Å². The van der Waals surface area contributed by atoms with Gasteiger partial charge in [-0.25, -0.2) is 9.38 Å². The molecule has 1 N–H and O–H groups in total. The SMILES string of the molecule is O=C1/C(=C/c2ccccc2)N=C(SCCCO)N1c1ccc(F)cc1. The minimum atomic E-state index is -0.359. The molecule has 3 rings (SSSR count). The molecule has 1 aliphatic heterocycles. The zero-order valence-electron chi connectivity index (χ0n) is 13.4. The van der Waals surface area contributed by atoms with Crippen LogP contribution >= 0.6 is 11.8 Å². The second-order valence-corrected chi connectivity index (χ2v) is 6.44. The monoisotopic (exact) mass is 356 g/mol. The lowest BCUT2D eigenvalue weighted by Crippen LogP contribution is -2.30. The molecule has 2 aromatic carbocycles. The van der Waals surface area contributed by atoms with Crippen molar-refractivity contribution in [3.05, 3.63) is 71.7 Å². The molecular weight excluding hydrogens is 339 g/mol. The second kappa shape index (κ2) is 8.09. The number of thioether (sulfide) groups is 1. The minimum absolute atomic E-state index is 0.0808. The third-order valence-electron chi connectivity index (χ3n) is 3.55. The van der Waals surface area contributed by atoms with Crippen LogP contribution in [0.3, 0.4) is 0 Å². The highest BCUT2D eigenvalue weighted by molar-refractivity contribution is 8.14. The van der Waals surface area contributed by atoms with Gasteiger partial charge in [-0.1, -0.05) is 42.1 Å². The summed E-state index contributed by atoms with van der Waals surface area (Å²) < 4.78 is 13.2. The van der Waals surface area contributed by atoms with Crippen LogP contribution < -0.4 is 4.90 Å². The number of aliphatic hydroxyl groups excluding tert-OH is 1. The number of carbonyl (C=O) groups excluding carboxylic acids is 1. The zero-order valence-corrected chi connectivity index (χ0v) is 14.2. The molecule has 0 bridgehead atoms. The van der Waals surface area contributed by atoms with Crippen LogP contribution in [0.2, 0.25) is 0 Å². The molecule has 0 aromatic heterocycles. The van der Waals surface area contributed by atoms with Crippen molar-refractivity contribution in [1.29, 1.82) is 0 Å². The fourth-order valence-electron chi connectivity index (χ4n) is 2.35. The number of amidine groups is 1. The number of benzene rings is 2. The highest BCUT2D eigenvalue weighted by atomic mass is 32.2. The molecule has 128 valence electrons. The van der Waals surface area contributed by atoms with E-state index in [2.05, 4.69) is 4.99 Å². The maximum absolute atomic E-state index is 13.2. The van der Waals surface area contributed by atoms with Gasteiger partial charge in [0.15, 0.2) is 5.17 Å². The Morgan fingerprint density at radius 2 is 1.84 bits per heavy atom. The van der Waals surface area contributed by atoms with E-state index in [0.29, 0.717) is 28.7 Å². The summed E-state index contributed by atoms with van der Waals surface area (Å²) in [5, 5.41) is 9.50. The summed E-state index contributed by atoms with van der Waals surface area (Å²) >= 11 is 1.39. The Morgan fingerprint density at radius 1 is 1.12 bits per heavy atom. The van der Waals surface area contributed by atoms with Crippen molar-refractivity contribution < 1.29 is 14.3 Å². The van der Waals surface area contributed by atoms with Gasteiger partial charge in [0.05, 0.1) is 5.69 Å². The number of aliphatic imine (C=N–C) groups is 1. The third kappa shape index (κ3) is 4.15. The third-order valence-corrected chi connectivity index (χ3v) is 4.58. The minimum Gasteiger partial charge on any atom is -0.396 e. The quantitative estimate of drug-likeness (QED) is 0.657. The first kappa shape index (κ1) is 17.4. The predicted octanol–water partition coefficient (Wildman–Crippen LogP) is 3.69. The average molecular weight is 356 g/mol. The molecule has 0 aliphatic carbocycles. The normalized spacial score (nSPS) is 15.8. The van der Waals surface area contributed by atoms with Gasteiger partial charge < -0.3 is 5.11 Å². The van der Waals surface area contributed by atoms with Gasteiger partial charge >= 0.3 is 0 Å². The summed E-state index contributed by atoms with van der Waals surface area (Å²) in [7, 11) is 0. The number of anilines is 1. The van der Waals surface area contributed by atoms with E-state index in [1.807, 2.05) is 30.3 Å². The fourth-order valence-corrected chi connectivity index (χ4v) is 3.28. The highest BCUT2D eigenvalue weighted by Gasteiger charge is 2.31. The molecule has 4 nitrogen and oxygen atoms in total. The number of hydrogen-bond acceptors (Lipinski definition) is 4. The fraction of sp³-hybridized carbons (Fsp3) is 0.158. The number of halogens is 1. The Bertz CT molecular complexity index is 804. The van der Waals surface area contributed by atoms with Gasteiger partial charge in [0.2, 0.25) is 0 Å². The Morgan fingerprint density at radius 3 is 2.52 bits per heavy atom. The van der Waals surface area contributed by atoms with Crippen molar-refractivity contribution in [3.8, 4) is 0 Å². The number of nitrogens with zero attached hydrogens (tertiary/aromatic N) is 2. The zero-order chi connectivity index (χ0) is 17.6. The number of carbonyl (C=O) groups is 1. The summed E-state index contributed by atoms with van der Waals surface area (Å²) in [5.41, 5.74) is 1.79. The number of amides is 1. The van der Waals surface area contributed by atoms with Crippen LogP contribution in [0.25, 0.3) is 6.08 Å². The van der Waals surface area contributed by atoms with Crippen molar-refractivity contribution in [2.45, 2.75) is 6.42 Å². The molecule has 0 spiro atoms. The van der Waals surface area contributed by atoms with E-state index in [4.69, 9.17) is 5.11 Å². The van der Waals surface area contributed by atoms with E-state index >= 15 is 0 Å². The van der Waals surface area contributed by atoms with Crippen LogP contribution in [-0.2, 0) is 4.79 Å². The van der Waals surface area contributed by atoms with Gasteiger partial charge in [-0.2, -0.15) is 0 Å². The molecule has 0 saturated heterocycles. The first-order chi connectivity index (χ1) is 12.2. The summed E-state index contributed by atoms with van der Waals surface area (Å²) in [4.78, 5) is 18.8. The van der Waals surface area contributed by atoms with E-state index < -0.39 is 0 Å². The topological polar surface area (TPSA) is 52.9 Å². The first-order valence-corrected chi connectivity index (χ1v) is 8.87. The lowest BCUT2D eigenvalue weighted by molar-refractivity contribution is -0.113. The number of hydrogen-bond donors (Lipinski definition) is 1. The molecule has 1 aliphatic rings. The van der Waals surface area contributed by atoms with Gasteiger partial charge in [-0.05, 0) is 42.3 Å². The standard InChI is InChI=1S/C19H17FN2O2S/c20-15-7-9-16(10-8-15)22-18(24)17(13-14-5-2-1-3-6-14)21-19(22)25-12-4-11-23/h1-3,5-10,13,23H,4,11-12H2/b17-13-. The summed E-state index contributed by atoms with van der Waals surface area (Å²) in [6.45, 7) is 0.0808. The molecule has 0 atom stereocenters. The predicted molar refractivity (Wildman–Crippen MR) is 99.9 cm³/mol. The van der Waals surface area contributed by atoms with E-state index in [0.717, 1.165) is 5.56 Å². The maximum Gasteiger partial charge on any atom is 0.283 e.